The SMILES string of the molecule is CCCC1CCCC(Nc2cc(C)c(O)cc2C)CC1. The summed E-state index contributed by atoms with van der Waals surface area (Å²) < 4.78 is 0. The average molecular weight is 275 g/mol. The van der Waals surface area contributed by atoms with Gasteiger partial charge in [0.05, 0.1) is 0 Å². The van der Waals surface area contributed by atoms with Gasteiger partial charge in [-0.25, -0.2) is 0 Å². The van der Waals surface area contributed by atoms with E-state index in [0.29, 0.717) is 11.8 Å². The first-order valence-corrected chi connectivity index (χ1v) is 8.17. The number of aryl methyl sites for hydroxylation is 2. The Morgan fingerprint density at radius 2 is 1.90 bits per heavy atom. The summed E-state index contributed by atoms with van der Waals surface area (Å²) in [6, 6.07) is 4.55. The highest BCUT2D eigenvalue weighted by atomic mass is 16.3. The maximum Gasteiger partial charge on any atom is 0.118 e. The minimum atomic E-state index is 0.400. The monoisotopic (exact) mass is 275 g/mol. The van der Waals surface area contributed by atoms with E-state index in [1.54, 1.807) is 0 Å². The lowest BCUT2D eigenvalue weighted by Gasteiger charge is -2.20. The Morgan fingerprint density at radius 1 is 1.10 bits per heavy atom. The molecule has 1 aromatic carbocycles. The Kier molecular flexibility index (Phi) is 5.33. The van der Waals surface area contributed by atoms with E-state index < -0.39 is 0 Å². The molecule has 112 valence electrons. The standard InChI is InChI=1S/C18H29NO/c1-4-6-15-7-5-8-16(10-9-15)19-17-11-14(3)18(20)12-13(17)2/h11-12,15-16,19-20H,4-10H2,1-3H3. The van der Waals surface area contributed by atoms with Crippen LogP contribution in [0.2, 0.25) is 0 Å². The minimum Gasteiger partial charge on any atom is -0.508 e. The Labute approximate surface area is 123 Å². The summed E-state index contributed by atoms with van der Waals surface area (Å²) in [6.07, 6.45) is 9.38. The topological polar surface area (TPSA) is 32.3 Å². The molecule has 2 N–H and O–H groups in total. The summed E-state index contributed by atoms with van der Waals surface area (Å²) >= 11 is 0. The first-order valence-electron chi connectivity index (χ1n) is 8.17. The van der Waals surface area contributed by atoms with Crippen LogP contribution < -0.4 is 5.32 Å². The zero-order valence-corrected chi connectivity index (χ0v) is 13.2. The third kappa shape index (κ3) is 3.91. The molecule has 0 saturated heterocycles. The van der Waals surface area contributed by atoms with Crippen molar-refractivity contribution in [2.24, 2.45) is 5.92 Å². The van der Waals surface area contributed by atoms with Crippen LogP contribution in [0, 0.1) is 19.8 Å². The number of anilines is 1. The number of hydrogen-bond acceptors (Lipinski definition) is 2. The lowest BCUT2D eigenvalue weighted by Crippen LogP contribution is -2.19. The maximum atomic E-state index is 9.74. The van der Waals surface area contributed by atoms with Crippen molar-refractivity contribution in [1.82, 2.24) is 0 Å². The normalized spacial score (nSPS) is 23.4. The number of phenols is 1. The molecule has 1 saturated carbocycles. The van der Waals surface area contributed by atoms with Crippen molar-refractivity contribution >= 4 is 5.69 Å². The van der Waals surface area contributed by atoms with Gasteiger partial charge in [-0.3, -0.25) is 0 Å². The molecule has 2 nitrogen and oxygen atoms in total. The Balaban J connectivity index is 1.98. The predicted molar refractivity (Wildman–Crippen MR) is 86.5 cm³/mol. The largest absolute Gasteiger partial charge is 0.508 e. The molecule has 2 rings (SSSR count). The number of aromatic hydroxyl groups is 1. The molecule has 0 radical (unpaired) electrons. The fourth-order valence-corrected chi connectivity index (χ4v) is 3.40. The summed E-state index contributed by atoms with van der Waals surface area (Å²) in [6.45, 7) is 6.33. The van der Waals surface area contributed by atoms with Crippen LogP contribution in [0.3, 0.4) is 0 Å². The molecule has 0 bridgehead atoms. The summed E-state index contributed by atoms with van der Waals surface area (Å²) in [5.41, 5.74) is 3.29. The van der Waals surface area contributed by atoms with E-state index in [4.69, 9.17) is 0 Å². The Hall–Kier alpha value is -1.18. The highest BCUT2D eigenvalue weighted by Crippen LogP contribution is 2.30. The van der Waals surface area contributed by atoms with E-state index in [0.717, 1.165) is 17.0 Å². The van der Waals surface area contributed by atoms with Crippen molar-refractivity contribution in [2.45, 2.75) is 71.8 Å². The van der Waals surface area contributed by atoms with Crippen LogP contribution in [0.4, 0.5) is 5.69 Å². The number of rotatable bonds is 4. The Morgan fingerprint density at radius 3 is 2.65 bits per heavy atom. The molecule has 0 amide bonds. The van der Waals surface area contributed by atoms with E-state index in [9.17, 15) is 5.11 Å². The molecule has 0 spiro atoms. The molecule has 2 unspecified atom stereocenters. The second-order valence-electron chi connectivity index (χ2n) is 6.46. The van der Waals surface area contributed by atoms with Crippen LogP contribution in [0.25, 0.3) is 0 Å². The third-order valence-corrected chi connectivity index (χ3v) is 4.69. The zero-order valence-electron chi connectivity index (χ0n) is 13.2. The van der Waals surface area contributed by atoms with Crippen LogP contribution in [0.1, 0.15) is 63.0 Å². The average Bonchev–Trinajstić information content (AvgIpc) is 2.62. The van der Waals surface area contributed by atoms with E-state index >= 15 is 0 Å². The number of hydrogen-bond donors (Lipinski definition) is 2. The zero-order chi connectivity index (χ0) is 14.5. The van der Waals surface area contributed by atoms with Crippen molar-refractivity contribution in [3.63, 3.8) is 0 Å². The van der Waals surface area contributed by atoms with Gasteiger partial charge in [0.25, 0.3) is 0 Å². The van der Waals surface area contributed by atoms with Crippen LogP contribution in [0.5, 0.6) is 5.75 Å². The quantitative estimate of drug-likeness (QED) is 0.587. The molecule has 1 aliphatic carbocycles. The maximum absolute atomic E-state index is 9.74. The number of benzene rings is 1. The van der Waals surface area contributed by atoms with Crippen LogP contribution in [-0.2, 0) is 0 Å². The van der Waals surface area contributed by atoms with Crippen molar-refractivity contribution in [2.75, 3.05) is 5.32 Å². The minimum absolute atomic E-state index is 0.400. The molecule has 1 aliphatic rings. The van der Waals surface area contributed by atoms with Gasteiger partial charge in [0.2, 0.25) is 0 Å². The molecule has 1 aromatic rings. The van der Waals surface area contributed by atoms with E-state index in [-0.39, 0.29) is 0 Å². The molecule has 0 heterocycles. The van der Waals surface area contributed by atoms with Crippen molar-refractivity contribution in [3.05, 3.63) is 23.3 Å². The van der Waals surface area contributed by atoms with Gasteiger partial charge in [-0.15, -0.1) is 0 Å². The fourth-order valence-electron chi connectivity index (χ4n) is 3.40. The van der Waals surface area contributed by atoms with Gasteiger partial charge in [0.1, 0.15) is 5.75 Å². The summed E-state index contributed by atoms with van der Waals surface area (Å²) in [7, 11) is 0. The molecule has 20 heavy (non-hydrogen) atoms. The van der Waals surface area contributed by atoms with Crippen molar-refractivity contribution in [1.29, 1.82) is 0 Å². The van der Waals surface area contributed by atoms with Gasteiger partial charge in [-0.05, 0) is 62.3 Å². The lowest BCUT2D eigenvalue weighted by molar-refractivity contribution is 0.422. The molecule has 0 aliphatic heterocycles. The number of phenolic OH excluding ortho intramolecular Hbond substituents is 1. The second-order valence-corrected chi connectivity index (χ2v) is 6.46. The highest BCUT2D eigenvalue weighted by molar-refractivity contribution is 5.57. The van der Waals surface area contributed by atoms with Crippen LogP contribution >= 0.6 is 0 Å². The molecular formula is C18H29NO. The van der Waals surface area contributed by atoms with Gasteiger partial charge in [0, 0.05) is 11.7 Å². The summed E-state index contributed by atoms with van der Waals surface area (Å²) in [5.74, 6) is 1.34. The van der Waals surface area contributed by atoms with E-state index in [1.165, 1.54) is 50.6 Å². The first kappa shape index (κ1) is 15.2. The van der Waals surface area contributed by atoms with Gasteiger partial charge < -0.3 is 10.4 Å². The molecule has 0 aromatic heterocycles. The summed E-state index contributed by atoms with van der Waals surface area (Å²) in [4.78, 5) is 0. The van der Waals surface area contributed by atoms with Crippen molar-refractivity contribution < 1.29 is 5.11 Å². The third-order valence-electron chi connectivity index (χ3n) is 4.69. The van der Waals surface area contributed by atoms with E-state index in [1.807, 2.05) is 13.0 Å². The predicted octanol–water partition coefficient (Wildman–Crippen LogP) is 5.17. The lowest BCUT2D eigenvalue weighted by atomic mass is 9.95. The molecule has 2 heteroatoms. The van der Waals surface area contributed by atoms with Crippen LogP contribution in [0.15, 0.2) is 12.1 Å². The fraction of sp³-hybridized carbons (Fsp3) is 0.667. The van der Waals surface area contributed by atoms with Gasteiger partial charge in [0.15, 0.2) is 0 Å². The van der Waals surface area contributed by atoms with E-state index in [2.05, 4.69) is 25.2 Å². The first-order chi connectivity index (χ1) is 9.60. The molecular weight excluding hydrogens is 246 g/mol. The smallest absolute Gasteiger partial charge is 0.118 e. The Bertz CT molecular complexity index is 441. The summed E-state index contributed by atoms with van der Waals surface area (Å²) in [5, 5.41) is 13.5. The van der Waals surface area contributed by atoms with Gasteiger partial charge in [-0.1, -0.05) is 32.6 Å². The second kappa shape index (κ2) is 7.01. The van der Waals surface area contributed by atoms with Crippen molar-refractivity contribution in [3.8, 4) is 5.75 Å². The van der Waals surface area contributed by atoms with Gasteiger partial charge >= 0.3 is 0 Å². The highest BCUT2D eigenvalue weighted by Gasteiger charge is 2.18. The molecule has 2 atom stereocenters. The van der Waals surface area contributed by atoms with Crippen LogP contribution in [-0.4, -0.2) is 11.1 Å². The number of nitrogens with one attached hydrogen (secondary N) is 1. The molecule has 1 fully saturated rings. The van der Waals surface area contributed by atoms with Gasteiger partial charge in [-0.2, -0.15) is 0 Å².